The second-order valence-corrected chi connectivity index (χ2v) is 10.4. The Morgan fingerprint density at radius 1 is 1.24 bits per heavy atom. The number of unbranched alkanes of at least 4 members (excludes halogenated alkanes) is 1. The van der Waals surface area contributed by atoms with E-state index in [2.05, 4.69) is 12.2 Å². The van der Waals surface area contributed by atoms with Gasteiger partial charge in [0.2, 0.25) is 0 Å². The average Bonchev–Trinajstić information content (AvgIpc) is 2.72. The fourth-order valence-corrected chi connectivity index (χ4v) is 6.59. The highest BCUT2D eigenvalue weighted by Crippen LogP contribution is 2.43. The predicted octanol–water partition coefficient (Wildman–Crippen LogP) is 3.11. The molecule has 4 atom stereocenters. The first-order valence-electron chi connectivity index (χ1n) is 10.6. The number of carbonyl (C=O) groups is 1. The van der Waals surface area contributed by atoms with E-state index in [9.17, 15) is 13.2 Å². The summed E-state index contributed by atoms with van der Waals surface area (Å²) in [5, 5.41) is 2.51. The number of ether oxygens (including phenoxy) is 2. The van der Waals surface area contributed by atoms with Gasteiger partial charge in [0.15, 0.2) is 15.6 Å². The Morgan fingerprint density at radius 3 is 2.66 bits per heavy atom. The molecule has 1 spiro atoms. The van der Waals surface area contributed by atoms with E-state index in [1.54, 1.807) is 37.4 Å². The Kier molecular flexibility index (Phi) is 7.48. The van der Waals surface area contributed by atoms with Gasteiger partial charge >= 0.3 is 0 Å². The molecule has 3 rings (SSSR count). The fraction of sp³-hybridized carbons (Fsp3) is 0.682. The Labute approximate surface area is 174 Å². The second-order valence-electron chi connectivity index (χ2n) is 8.28. The van der Waals surface area contributed by atoms with Gasteiger partial charge in [-0.25, -0.2) is 8.42 Å². The molecule has 1 heterocycles. The Morgan fingerprint density at radius 2 is 2.00 bits per heavy atom. The number of ketones is 1. The first-order valence-corrected chi connectivity index (χ1v) is 12.2. The Bertz CT molecular complexity index is 782. The fourth-order valence-electron chi connectivity index (χ4n) is 5.00. The van der Waals surface area contributed by atoms with Crippen LogP contribution in [0.1, 0.15) is 51.9 Å². The number of methoxy groups -OCH3 is 1. The molecule has 29 heavy (non-hydrogen) atoms. The molecule has 7 heteroatoms. The van der Waals surface area contributed by atoms with Crippen LogP contribution in [-0.2, 0) is 24.1 Å². The van der Waals surface area contributed by atoms with Gasteiger partial charge < -0.3 is 14.8 Å². The van der Waals surface area contributed by atoms with Crippen LogP contribution < -0.4 is 5.32 Å². The van der Waals surface area contributed by atoms with E-state index in [-0.39, 0.29) is 48.0 Å². The van der Waals surface area contributed by atoms with Crippen LogP contribution in [0.3, 0.4) is 0 Å². The van der Waals surface area contributed by atoms with E-state index in [0.29, 0.717) is 0 Å². The van der Waals surface area contributed by atoms with Gasteiger partial charge in [0, 0.05) is 31.5 Å². The van der Waals surface area contributed by atoms with Crippen molar-refractivity contribution in [1.82, 2.24) is 5.32 Å². The largest absolute Gasteiger partial charge is 0.359 e. The number of nitrogens with one attached hydrogen (secondary N) is 1. The normalized spacial score (nSPS) is 30.6. The Balaban J connectivity index is 1.81. The molecule has 1 N–H and O–H groups in total. The summed E-state index contributed by atoms with van der Waals surface area (Å²) in [6.07, 6.45) is 6.13. The molecular weight excluding hydrogens is 390 g/mol. The van der Waals surface area contributed by atoms with Crippen molar-refractivity contribution in [2.24, 2.45) is 5.92 Å². The van der Waals surface area contributed by atoms with Crippen LogP contribution in [-0.4, -0.2) is 51.5 Å². The van der Waals surface area contributed by atoms with Crippen molar-refractivity contribution in [3.05, 3.63) is 30.3 Å². The van der Waals surface area contributed by atoms with Crippen molar-refractivity contribution in [2.75, 3.05) is 20.4 Å². The van der Waals surface area contributed by atoms with Crippen molar-refractivity contribution in [2.45, 2.75) is 73.7 Å². The van der Waals surface area contributed by atoms with Gasteiger partial charge in [0.25, 0.3) is 0 Å². The maximum atomic E-state index is 13.1. The monoisotopic (exact) mass is 423 g/mol. The minimum absolute atomic E-state index is 0.0258. The standard InChI is InChI=1S/C22H33NO5S/c1-3-4-11-18-20(28-16-27-2)12-8-13-22(18)14-19(24)21(15-23-22)29(25,26)17-9-6-5-7-10-17/h5-7,9-10,18,20-21,23H,3-4,8,11-16H2,1-2H3/t18-,20+,21?,22-/m0/s1. The summed E-state index contributed by atoms with van der Waals surface area (Å²) in [6.45, 7) is 2.56. The predicted molar refractivity (Wildman–Crippen MR) is 111 cm³/mol. The summed E-state index contributed by atoms with van der Waals surface area (Å²) in [5.74, 6) is -0.00262. The molecule has 1 unspecified atom stereocenters. The van der Waals surface area contributed by atoms with Gasteiger partial charge in [-0.15, -0.1) is 0 Å². The summed E-state index contributed by atoms with van der Waals surface area (Å²) in [4.78, 5) is 13.4. The summed E-state index contributed by atoms with van der Waals surface area (Å²) in [5.41, 5.74) is -0.383. The number of carbonyl (C=O) groups excluding carboxylic acids is 1. The number of hydrogen-bond donors (Lipinski definition) is 1. The lowest BCUT2D eigenvalue weighted by Gasteiger charge is -2.51. The van der Waals surface area contributed by atoms with Crippen LogP contribution in [0.15, 0.2) is 35.2 Å². The van der Waals surface area contributed by atoms with Gasteiger partial charge in [-0.1, -0.05) is 38.0 Å². The van der Waals surface area contributed by atoms with Crippen LogP contribution in [0, 0.1) is 5.92 Å². The first-order chi connectivity index (χ1) is 13.9. The van der Waals surface area contributed by atoms with Crippen molar-refractivity contribution in [3.8, 4) is 0 Å². The Hall–Kier alpha value is -1.28. The van der Waals surface area contributed by atoms with Crippen LogP contribution in [0.4, 0.5) is 0 Å². The number of Topliss-reactive ketones (excluding diaryl/α,β-unsaturated/α-hetero) is 1. The van der Waals surface area contributed by atoms with Crippen LogP contribution in [0.5, 0.6) is 0 Å². The van der Waals surface area contributed by atoms with Gasteiger partial charge in [-0.05, 0) is 37.8 Å². The summed E-state index contributed by atoms with van der Waals surface area (Å²) in [7, 11) is -2.08. The molecule has 6 nitrogen and oxygen atoms in total. The van der Waals surface area contributed by atoms with Gasteiger partial charge in [-0.2, -0.15) is 0 Å². The highest BCUT2D eigenvalue weighted by molar-refractivity contribution is 7.92. The molecule has 0 radical (unpaired) electrons. The minimum atomic E-state index is -3.69. The third-order valence-electron chi connectivity index (χ3n) is 6.47. The molecular formula is C22H33NO5S. The van der Waals surface area contributed by atoms with Crippen molar-refractivity contribution >= 4 is 15.6 Å². The number of rotatable bonds is 8. The van der Waals surface area contributed by atoms with Gasteiger partial charge in [-0.3, -0.25) is 4.79 Å². The van der Waals surface area contributed by atoms with Crippen LogP contribution >= 0.6 is 0 Å². The summed E-state index contributed by atoms with van der Waals surface area (Å²) >= 11 is 0. The lowest BCUT2D eigenvalue weighted by Crippen LogP contribution is -2.65. The van der Waals surface area contributed by atoms with E-state index in [0.717, 1.165) is 38.5 Å². The van der Waals surface area contributed by atoms with Crippen LogP contribution in [0.2, 0.25) is 0 Å². The van der Waals surface area contributed by atoms with E-state index in [1.165, 1.54) is 0 Å². The highest BCUT2D eigenvalue weighted by Gasteiger charge is 2.52. The smallest absolute Gasteiger partial charge is 0.189 e. The SMILES string of the molecule is CCCC[C@H]1[C@H](OCOC)CCC[C@]12CC(=O)C(S(=O)(=O)c1ccccc1)CN2. The molecule has 1 aliphatic heterocycles. The topological polar surface area (TPSA) is 81.7 Å². The third kappa shape index (κ3) is 4.74. The molecule has 1 aromatic carbocycles. The quantitative estimate of drug-likeness (QED) is 0.647. The number of sulfone groups is 1. The number of benzene rings is 1. The zero-order chi connectivity index (χ0) is 20.9. The molecule has 0 aromatic heterocycles. The second kappa shape index (κ2) is 9.69. The van der Waals surface area contributed by atoms with Crippen molar-refractivity contribution in [3.63, 3.8) is 0 Å². The van der Waals surface area contributed by atoms with Crippen molar-refractivity contribution < 1.29 is 22.7 Å². The molecule has 2 fully saturated rings. The summed E-state index contributed by atoms with van der Waals surface area (Å²) in [6, 6.07) is 8.28. The molecule has 162 valence electrons. The molecule has 0 bridgehead atoms. The minimum Gasteiger partial charge on any atom is -0.359 e. The maximum Gasteiger partial charge on any atom is 0.189 e. The lowest BCUT2D eigenvalue weighted by molar-refractivity contribution is -0.136. The van der Waals surface area contributed by atoms with E-state index < -0.39 is 15.1 Å². The maximum absolute atomic E-state index is 13.1. The first kappa shape index (κ1) is 22.4. The highest BCUT2D eigenvalue weighted by atomic mass is 32.2. The van der Waals surface area contributed by atoms with E-state index >= 15 is 0 Å². The van der Waals surface area contributed by atoms with Crippen molar-refractivity contribution in [1.29, 1.82) is 0 Å². The summed E-state index contributed by atoms with van der Waals surface area (Å²) < 4.78 is 37.1. The number of piperidine rings is 1. The molecule has 1 aliphatic carbocycles. The molecule has 2 aliphatic rings. The zero-order valence-corrected chi connectivity index (χ0v) is 18.2. The zero-order valence-electron chi connectivity index (χ0n) is 17.4. The van der Waals surface area contributed by atoms with Gasteiger partial charge in [0.05, 0.1) is 11.0 Å². The molecule has 1 saturated heterocycles. The van der Waals surface area contributed by atoms with E-state index in [1.807, 2.05) is 0 Å². The molecule has 0 amide bonds. The van der Waals surface area contributed by atoms with Gasteiger partial charge in [0.1, 0.15) is 12.0 Å². The van der Waals surface area contributed by atoms with Crippen LogP contribution in [0.25, 0.3) is 0 Å². The number of hydrogen-bond acceptors (Lipinski definition) is 6. The molecule has 1 saturated carbocycles. The third-order valence-corrected chi connectivity index (χ3v) is 8.58. The van der Waals surface area contributed by atoms with E-state index in [4.69, 9.17) is 9.47 Å². The molecule has 1 aromatic rings. The lowest BCUT2D eigenvalue weighted by atomic mass is 9.65. The average molecular weight is 424 g/mol.